The lowest BCUT2D eigenvalue weighted by atomic mass is 9.77. The van der Waals surface area contributed by atoms with Crippen molar-refractivity contribution in [1.29, 1.82) is 0 Å². The summed E-state index contributed by atoms with van der Waals surface area (Å²) in [6.45, 7) is 3.39. The van der Waals surface area contributed by atoms with Crippen molar-refractivity contribution in [3.8, 4) is 0 Å². The summed E-state index contributed by atoms with van der Waals surface area (Å²) in [5.41, 5.74) is 13.1. The van der Waals surface area contributed by atoms with Gasteiger partial charge in [0.25, 0.3) is 0 Å². The van der Waals surface area contributed by atoms with E-state index in [1.165, 1.54) is 0 Å². The van der Waals surface area contributed by atoms with Crippen LogP contribution in [0.1, 0.15) is 33.1 Å². The highest BCUT2D eigenvalue weighted by atomic mass is 16.4. The van der Waals surface area contributed by atoms with Gasteiger partial charge in [-0.1, -0.05) is 13.8 Å². The number of nitrogens with two attached hydrogens (primary N) is 3. The van der Waals surface area contributed by atoms with Crippen LogP contribution in [-0.4, -0.2) is 33.8 Å². The van der Waals surface area contributed by atoms with Crippen molar-refractivity contribution in [2.75, 3.05) is 0 Å². The normalized spacial score (nSPS) is 23.4. The molecule has 0 amide bonds. The SMILES string of the molecule is CCC(N)(C=C1C(=O)CC(C)CC1=O)C(N)(N)C(=O)O. The van der Waals surface area contributed by atoms with Gasteiger partial charge in [0, 0.05) is 12.8 Å². The molecule has 0 aliphatic heterocycles. The Bertz CT molecular complexity index is 464. The number of carboxylic acid groups (broad SMARTS) is 1. The summed E-state index contributed by atoms with van der Waals surface area (Å²) >= 11 is 0. The van der Waals surface area contributed by atoms with E-state index >= 15 is 0 Å². The van der Waals surface area contributed by atoms with Crippen LogP contribution in [0.15, 0.2) is 11.6 Å². The molecule has 7 nitrogen and oxygen atoms in total. The van der Waals surface area contributed by atoms with E-state index in [4.69, 9.17) is 22.3 Å². The van der Waals surface area contributed by atoms with Crippen molar-refractivity contribution in [3.05, 3.63) is 11.6 Å². The smallest absolute Gasteiger partial charge is 0.340 e. The number of ketones is 2. The van der Waals surface area contributed by atoms with Crippen LogP contribution >= 0.6 is 0 Å². The standard InChI is InChI=1S/C13H21N3O4/c1-3-12(14,13(15,16)11(19)20)6-8-9(17)4-7(2)5-10(8)18/h6-7H,3-5,14-16H2,1-2H3,(H,19,20). The molecule has 7 N–H and O–H groups in total. The van der Waals surface area contributed by atoms with Gasteiger partial charge in [-0.2, -0.15) is 0 Å². The maximum absolute atomic E-state index is 11.9. The molecule has 1 rings (SSSR count). The van der Waals surface area contributed by atoms with Crippen molar-refractivity contribution in [2.24, 2.45) is 23.1 Å². The predicted molar refractivity (Wildman–Crippen MR) is 72.4 cm³/mol. The third-order valence-electron chi connectivity index (χ3n) is 3.78. The second-order valence-corrected chi connectivity index (χ2v) is 5.49. The molecule has 1 aliphatic carbocycles. The van der Waals surface area contributed by atoms with Gasteiger partial charge in [0.2, 0.25) is 0 Å². The van der Waals surface area contributed by atoms with Gasteiger partial charge in [0.15, 0.2) is 17.2 Å². The molecule has 20 heavy (non-hydrogen) atoms. The van der Waals surface area contributed by atoms with E-state index in [0.717, 1.165) is 6.08 Å². The third-order valence-corrected chi connectivity index (χ3v) is 3.78. The molecule has 1 atom stereocenters. The molecule has 0 saturated heterocycles. The second kappa shape index (κ2) is 5.43. The first-order valence-electron chi connectivity index (χ1n) is 6.44. The number of Topliss-reactive ketones (excluding diaryl/α,β-unsaturated/α-hetero) is 2. The van der Waals surface area contributed by atoms with Crippen molar-refractivity contribution < 1.29 is 19.5 Å². The lowest BCUT2D eigenvalue weighted by Crippen LogP contribution is -2.74. The van der Waals surface area contributed by atoms with Crippen LogP contribution < -0.4 is 17.2 Å². The largest absolute Gasteiger partial charge is 0.479 e. The summed E-state index contributed by atoms with van der Waals surface area (Å²) in [6.07, 6.45) is 1.67. The first-order chi connectivity index (χ1) is 9.05. The number of hydrogen-bond acceptors (Lipinski definition) is 6. The Balaban J connectivity index is 3.26. The molecule has 1 unspecified atom stereocenters. The first-order valence-corrected chi connectivity index (χ1v) is 6.44. The van der Waals surface area contributed by atoms with Crippen LogP contribution in [0.25, 0.3) is 0 Å². The zero-order chi connectivity index (χ0) is 15.7. The molecular weight excluding hydrogens is 262 g/mol. The quantitative estimate of drug-likeness (QED) is 0.302. The molecule has 1 aliphatic rings. The number of aliphatic carboxylic acids is 1. The zero-order valence-corrected chi connectivity index (χ0v) is 11.7. The van der Waals surface area contributed by atoms with Crippen molar-refractivity contribution in [1.82, 2.24) is 0 Å². The molecule has 112 valence electrons. The molecule has 1 saturated carbocycles. The van der Waals surface area contributed by atoms with E-state index in [1.807, 2.05) is 0 Å². The molecule has 0 aromatic carbocycles. The van der Waals surface area contributed by atoms with E-state index in [2.05, 4.69) is 0 Å². The Morgan fingerprint density at radius 2 is 1.75 bits per heavy atom. The molecular formula is C13H21N3O4. The van der Waals surface area contributed by atoms with Crippen LogP contribution in [0.2, 0.25) is 0 Å². The van der Waals surface area contributed by atoms with Gasteiger partial charge in [-0.15, -0.1) is 0 Å². The Morgan fingerprint density at radius 3 is 2.10 bits per heavy atom. The lowest BCUT2D eigenvalue weighted by molar-refractivity contribution is -0.145. The van der Waals surface area contributed by atoms with Crippen LogP contribution in [0.5, 0.6) is 0 Å². The molecule has 1 fully saturated rings. The summed E-state index contributed by atoms with van der Waals surface area (Å²) in [7, 11) is 0. The van der Waals surface area contributed by atoms with Gasteiger partial charge >= 0.3 is 5.97 Å². The molecule has 0 radical (unpaired) electrons. The highest BCUT2D eigenvalue weighted by Gasteiger charge is 2.48. The van der Waals surface area contributed by atoms with Crippen molar-refractivity contribution >= 4 is 17.5 Å². The van der Waals surface area contributed by atoms with E-state index in [0.29, 0.717) is 0 Å². The van der Waals surface area contributed by atoms with Crippen LogP contribution in [0, 0.1) is 5.92 Å². The molecule has 0 aromatic heterocycles. The predicted octanol–water partition coefficient (Wildman–Crippen LogP) is -0.713. The molecule has 0 spiro atoms. The second-order valence-electron chi connectivity index (χ2n) is 5.49. The summed E-state index contributed by atoms with van der Waals surface area (Å²) in [5.74, 6) is -2.22. The molecule has 0 heterocycles. The van der Waals surface area contributed by atoms with Crippen LogP contribution in [0.3, 0.4) is 0 Å². The minimum Gasteiger partial charge on any atom is -0.479 e. The third kappa shape index (κ3) is 2.79. The minimum absolute atomic E-state index is 0.0269. The van der Waals surface area contributed by atoms with Gasteiger partial charge in [0.1, 0.15) is 0 Å². The van der Waals surface area contributed by atoms with Gasteiger partial charge in [-0.05, 0) is 18.4 Å². The Labute approximate surface area is 117 Å². The summed E-state index contributed by atoms with van der Waals surface area (Å²) in [5, 5.41) is 9.08. The minimum atomic E-state index is -2.27. The topological polar surface area (TPSA) is 150 Å². The highest BCUT2D eigenvalue weighted by molar-refractivity contribution is 6.22. The maximum Gasteiger partial charge on any atom is 0.340 e. The lowest BCUT2D eigenvalue weighted by Gasteiger charge is -2.38. The van der Waals surface area contributed by atoms with E-state index in [-0.39, 0.29) is 42.3 Å². The number of rotatable bonds is 4. The Hall–Kier alpha value is -1.57. The fourth-order valence-corrected chi connectivity index (χ4v) is 2.21. The van der Waals surface area contributed by atoms with E-state index in [9.17, 15) is 14.4 Å². The van der Waals surface area contributed by atoms with Gasteiger partial charge < -0.3 is 22.3 Å². The average Bonchev–Trinajstić information content (AvgIpc) is 2.32. The van der Waals surface area contributed by atoms with Gasteiger partial charge in [-0.3, -0.25) is 9.59 Å². The van der Waals surface area contributed by atoms with E-state index in [1.54, 1.807) is 13.8 Å². The first kappa shape index (κ1) is 16.5. The van der Waals surface area contributed by atoms with Crippen LogP contribution in [-0.2, 0) is 14.4 Å². The number of carbonyl (C=O) groups is 3. The monoisotopic (exact) mass is 283 g/mol. The van der Waals surface area contributed by atoms with E-state index < -0.39 is 17.2 Å². The number of allylic oxidation sites excluding steroid dienone is 1. The fourth-order valence-electron chi connectivity index (χ4n) is 2.21. The fraction of sp³-hybridized carbons (Fsp3) is 0.615. The zero-order valence-electron chi connectivity index (χ0n) is 11.7. The van der Waals surface area contributed by atoms with Gasteiger partial charge in [-0.25, -0.2) is 4.79 Å². The van der Waals surface area contributed by atoms with Crippen molar-refractivity contribution in [2.45, 2.75) is 44.3 Å². The van der Waals surface area contributed by atoms with Gasteiger partial charge in [0.05, 0.1) is 11.1 Å². The molecule has 0 bridgehead atoms. The maximum atomic E-state index is 11.9. The molecule has 0 aromatic rings. The highest BCUT2D eigenvalue weighted by Crippen LogP contribution is 2.27. The summed E-state index contributed by atoms with van der Waals surface area (Å²) in [4.78, 5) is 35.0. The summed E-state index contributed by atoms with van der Waals surface area (Å²) < 4.78 is 0. The Kier molecular flexibility index (Phi) is 4.48. The van der Waals surface area contributed by atoms with Crippen LogP contribution in [0.4, 0.5) is 0 Å². The summed E-state index contributed by atoms with van der Waals surface area (Å²) in [6, 6.07) is 0. The number of hydrogen-bond donors (Lipinski definition) is 4. The number of carboxylic acids is 1. The Morgan fingerprint density at radius 1 is 1.30 bits per heavy atom. The molecule has 7 heteroatoms. The average molecular weight is 283 g/mol. The van der Waals surface area contributed by atoms with Crippen molar-refractivity contribution in [3.63, 3.8) is 0 Å². The number of carbonyl (C=O) groups excluding carboxylic acids is 2.